The summed E-state index contributed by atoms with van der Waals surface area (Å²) in [5.74, 6) is -0.561. The van der Waals surface area contributed by atoms with Gasteiger partial charge in [0.2, 0.25) is 5.91 Å². The molecule has 0 N–H and O–H groups in total. The van der Waals surface area contributed by atoms with Gasteiger partial charge in [0.25, 0.3) is 0 Å². The molecule has 8 heteroatoms. The summed E-state index contributed by atoms with van der Waals surface area (Å²) in [4.78, 5) is 13.3. The molecular weight excluding hydrogens is 336 g/mol. The predicted molar refractivity (Wildman–Crippen MR) is 74.7 cm³/mol. The SMILES string of the molecule is O=C(/C=C/c1cc[c]c(C(F)(F)F)c1C(F)(F)F)N1CC=CCC1. The van der Waals surface area contributed by atoms with Gasteiger partial charge in [-0.15, -0.1) is 0 Å². The van der Waals surface area contributed by atoms with Crippen LogP contribution >= 0.6 is 0 Å². The van der Waals surface area contributed by atoms with E-state index in [4.69, 9.17) is 0 Å². The predicted octanol–water partition coefficient (Wildman–Crippen LogP) is 4.33. The third kappa shape index (κ3) is 4.18. The molecule has 24 heavy (non-hydrogen) atoms. The van der Waals surface area contributed by atoms with Crippen LogP contribution in [0.15, 0.2) is 30.4 Å². The third-order valence-corrected chi connectivity index (χ3v) is 3.37. The molecule has 2 nitrogen and oxygen atoms in total. The number of hydrogen-bond acceptors (Lipinski definition) is 1. The first-order chi connectivity index (χ1) is 11.1. The molecule has 0 aromatic heterocycles. The highest BCUT2D eigenvalue weighted by Crippen LogP contribution is 2.42. The maximum absolute atomic E-state index is 13.1. The number of benzene rings is 1. The lowest BCUT2D eigenvalue weighted by atomic mass is 9.99. The smallest absolute Gasteiger partial charge is 0.335 e. The zero-order valence-electron chi connectivity index (χ0n) is 12.2. The number of carbonyl (C=O) groups is 1. The average molecular weight is 348 g/mol. The minimum Gasteiger partial charge on any atom is -0.335 e. The molecule has 1 aromatic carbocycles. The van der Waals surface area contributed by atoms with Gasteiger partial charge < -0.3 is 4.90 Å². The van der Waals surface area contributed by atoms with Crippen molar-refractivity contribution >= 4 is 12.0 Å². The second kappa shape index (κ2) is 6.70. The molecule has 1 aliphatic heterocycles. The van der Waals surface area contributed by atoms with Crippen LogP contribution in [0, 0.1) is 6.07 Å². The zero-order chi connectivity index (χ0) is 18.0. The Balaban J connectivity index is 2.38. The molecule has 1 amide bonds. The van der Waals surface area contributed by atoms with Crippen LogP contribution in [0.1, 0.15) is 23.1 Å². The van der Waals surface area contributed by atoms with Crippen molar-refractivity contribution in [3.05, 3.63) is 53.1 Å². The monoisotopic (exact) mass is 348 g/mol. The number of amides is 1. The first-order valence-electron chi connectivity index (χ1n) is 6.92. The fourth-order valence-electron chi connectivity index (χ4n) is 2.29. The molecule has 0 saturated heterocycles. The average Bonchev–Trinajstić information content (AvgIpc) is 2.51. The number of alkyl halides is 6. The van der Waals surface area contributed by atoms with Crippen LogP contribution in [0.3, 0.4) is 0 Å². The minimum absolute atomic E-state index is 0.311. The summed E-state index contributed by atoms with van der Waals surface area (Å²) in [6.07, 6.45) is -4.61. The lowest BCUT2D eigenvalue weighted by Gasteiger charge is -2.22. The van der Waals surface area contributed by atoms with Gasteiger partial charge in [-0.1, -0.05) is 24.3 Å². The molecule has 0 unspecified atom stereocenters. The summed E-state index contributed by atoms with van der Waals surface area (Å²) in [7, 11) is 0. The van der Waals surface area contributed by atoms with Gasteiger partial charge in [-0.05, 0) is 24.1 Å². The van der Waals surface area contributed by atoms with Crippen molar-refractivity contribution in [3.8, 4) is 0 Å². The molecule has 1 aliphatic rings. The molecule has 1 aromatic rings. The maximum Gasteiger partial charge on any atom is 0.417 e. The van der Waals surface area contributed by atoms with Crippen molar-refractivity contribution in [1.29, 1.82) is 0 Å². The summed E-state index contributed by atoms with van der Waals surface area (Å²) < 4.78 is 77.6. The van der Waals surface area contributed by atoms with Gasteiger partial charge in [-0.2, -0.15) is 26.3 Å². The summed E-state index contributed by atoms with van der Waals surface area (Å²) >= 11 is 0. The second-order valence-corrected chi connectivity index (χ2v) is 5.06. The van der Waals surface area contributed by atoms with E-state index >= 15 is 0 Å². The van der Waals surface area contributed by atoms with Gasteiger partial charge in [-0.25, -0.2) is 0 Å². The van der Waals surface area contributed by atoms with Gasteiger partial charge in [0.1, 0.15) is 0 Å². The van der Waals surface area contributed by atoms with Crippen molar-refractivity contribution in [1.82, 2.24) is 4.90 Å². The number of halogens is 6. The quantitative estimate of drug-likeness (QED) is 0.443. The summed E-state index contributed by atoms with van der Waals surface area (Å²) in [5.41, 5.74) is -4.47. The Kier molecular flexibility index (Phi) is 5.05. The van der Waals surface area contributed by atoms with Crippen LogP contribution in [-0.4, -0.2) is 23.9 Å². The normalized spacial score (nSPS) is 16.0. The molecule has 0 aliphatic carbocycles. The molecule has 0 saturated carbocycles. The highest BCUT2D eigenvalue weighted by molar-refractivity contribution is 5.92. The number of nitrogens with zero attached hydrogens (tertiary/aromatic N) is 1. The van der Waals surface area contributed by atoms with Crippen molar-refractivity contribution in [3.63, 3.8) is 0 Å². The van der Waals surface area contributed by atoms with E-state index < -0.39 is 35.0 Å². The number of carbonyl (C=O) groups excluding carboxylic acids is 1. The van der Waals surface area contributed by atoms with Crippen LogP contribution in [0.2, 0.25) is 0 Å². The topological polar surface area (TPSA) is 20.3 Å². The standard InChI is InChI=1S/C16H12F6NO/c17-15(18,19)12-6-4-5-11(14(12)16(20,21)22)7-8-13(24)23-9-2-1-3-10-23/h1-2,4-5,7-8H,3,9-10H2/b8-7+. The fourth-order valence-corrected chi connectivity index (χ4v) is 2.29. The Morgan fingerprint density at radius 3 is 2.38 bits per heavy atom. The Labute approximate surface area is 134 Å². The summed E-state index contributed by atoms with van der Waals surface area (Å²) in [6, 6.07) is 3.19. The summed E-state index contributed by atoms with van der Waals surface area (Å²) in [6.45, 7) is 0.716. The maximum atomic E-state index is 13.1. The van der Waals surface area contributed by atoms with Crippen LogP contribution in [-0.2, 0) is 17.1 Å². The van der Waals surface area contributed by atoms with Gasteiger partial charge in [-0.3, -0.25) is 4.79 Å². The fraction of sp³-hybridized carbons (Fsp3) is 0.312. The van der Waals surface area contributed by atoms with E-state index in [0.717, 1.165) is 24.3 Å². The minimum atomic E-state index is -5.22. The Morgan fingerprint density at radius 2 is 1.83 bits per heavy atom. The second-order valence-electron chi connectivity index (χ2n) is 5.06. The van der Waals surface area contributed by atoms with Crippen molar-refractivity contribution in [2.45, 2.75) is 18.8 Å². The molecule has 0 fully saturated rings. The van der Waals surface area contributed by atoms with Gasteiger partial charge in [0.15, 0.2) is 0 Å². The van der Waals surface area contributed by atoms with E-state index in [9.17, 15) is 31.1 Å². The first-order valence-corrected chi connectivity index (χ1v) is 6.92. The third-order valence-electron chi connectivity index (χ3n) is 3.37. The number of rotatable bonds is 2. The molecule has 1 radical (unpaired) electrons. The van der Waals surface area contributed by atoms with E-state index in [2.05, 4.69) is 0 Å². The van der Waals surface area contributed by atoms with Gasteiger partial charge >= 0.3 is 12.4 Å². The van der Waals surface area contributed by atoms with Gasteiger partial charge in [0, 0.05) is 19.2 Å². The molecule has 0 atom stereocenters. The molecular formula is C16H12F6NO. The highest BCUT2D eigenvalue weighted by atomic mass is 19.4. The van der Waals surface area contributed by atoms with E-state index in [1.807, 2.05) is 6.08 Å². The Hall–Kier alpha value is -2.25. The van der Waals surface area contributed by atoms with Crippen molar-refractivity contribution < 1.29 is 31.1 Å². The molecule has 129 valence electrons. The van der Waals surface area contributed by atoms with E-state index in [-0.39, 0.29) is 0 Å². The van der Waals surface area contributed by atoms with Crippen LogP contribution < -0.4 is 0 Å². The lowest BCUT2D eigenvalue weighted by molar-refractivity contribution is -0.162. The van der Waals surface area contributed by atoms with E-state index in [0.29, 0.717) is 19.5 Å². The van der Waals surface area contributed by atoms with Crippen LogP contribution in [0.4, 0.5) is 26.3 Å². The summed E-state index contributed by atoms with van der Waals surface area (Å²) in [5, 5.41) is 0. The highest BCUT2D eigenvalue weighted by Gasteiger charge is 2.44. The molecule has 1 heterocycles. The van der Waals surface area contributed by atoms with Crippen LogP contribution in [0.25, 0.3) is 6.08 Å². The van der Waals surface area contributed by atoms with Crippen molar-refractivity contribution in [2.24, 2.45) is 0 Å². The molecule has 0 spiro atoms. The first kappa shape index (κ1) is 18.1. The lowest BCUT2D eigenvalue weighted by Crippen LogP contribution is -2.32. The van der Waals surface area contributed by atoms with Gasteiger partial charge in [0.05, 0.1) is 11.1 Å². The number of hydrogen-bond donors (Lipinski definition) is 0. The van der Waals surface area contributed by atoms with E-state index in [1.165, 1.54) is 4.90 Å². The molecule has 0 bridgehead atoms. The Morgan fingerprint density at radius 1 is 1.12 bits per heavy atom. The largest absolute Gasteiger partial charge is 0.417 e. The molecule has 2 rings (SSSR count). The van der Waals surface area contributed by atoms with E-state index in [1.54, 1.807) is 12.1 Å². The Bertz CT molecular complexity index is 672. The van der Waals surface area contributed by atoms with Crippen molar-refractivity contribution in [2.75, 3.05) is 13.1 Å². The van der Waals surface area contributed by atoms with Crippen LogP contribution in [0.5, 0.6) is 0 Å². The zero-order valence-corrected chi connectivity index (χ0v) is 12.2.